The number of rotatable bonds is 3. The van der Waals surface area contributed by atoms with Crippen molar-refractivity contribution in [3.8, 4) is 17.1 Å². The summed E-state index contributed by atoms with van der Waals surface area (Å²) in [6, 6.07) is 17.3. The molecule has 0 radical (unpaired) electrons. The van der Waals surface area contributed by atoms with E-state index >= 15 is 0 Å². The Bertz CT molecular complexity index is 1080. The van der Waals surface area contributed by atoms with E-state index in [1.165, 1.54) is 0 Å². The molecule has 4 rings (SSSR count). The molecule has 0 amide bonds. The van der Waals surface area contributed by atoms with E-state index in [0.29, 0.717) is 5.02 Å². The lowest BCUT2D eigenvalue weighted by atomic mass is 9.96. The molecule has 0 unspecified atom stereocenters. The van der Waals surface area contributed by atoms with E-state index in [1.807, 2.05) is 53.1 Å². The molecular formula is C21H18ClN3O. The van der Waals surface area contributed by atoms with Crippen LogP contribution in [0, 0.1) is 0 Å². The van der Waals surface area contributed by atoms with Gasteiger partial charge in [0.25, 0.3) is 0 Å². The summed E-state index contributed by atoms with van der Waals surface area (Å²) in [5.41, 5.74) is 3.33. The van der Waals surface area contributed by atoms with Gasteiger partial charge in [-0.25, -0.2) is 4.98 Å². The first-order valence-corrected chi connectivity index (χ1v) is 8.73. The Morgan fingerprint density at radius 2 is 1.73 bits per heavy atom. The third-order valence-electron chi connectivity index (χ3n) is 4.36. The van der Waals surface area contributed by atoms with Crippen molar-refractivity contribution in [1.29, 1.82) is 0 Å². The molecule has 26 heavy (non-hydrogen) atoms. The van der Waals surface area contributed by atoms with E-state index < -0.39 is 5.60 Å². The second kappa shape index (κ2) is 6.24. The van der Waals surface area contributed by atoms with Gasteiger partial charge in [-0.2, -0.15) is 0 Å². The number of aromatic nitrogens is 3. The quantitative estimate of drug-likeness (QED) is 0.559. The fraction of sp³-hybridized carbons (Fsp3) is 0.143. The molecule has 0 saturated carbocycles. The summed E-state index contributed by atoms with van der Waals surface area (Å²) in [5, 5.41) is 11.3. The van der Waals surface area contributed by atoms with Gasteiger partial charge in [-0.15, -0.1) is 0 Å². The standard InChI is InChI=1S/C21H18ClN3O/c1-21(2,26)16-8-7-15(22)13-19(16)25-18-6-4-3-5-17(18)24-20(25)14-9-11-23-12-10-14/h3-13,26H,1-2H3. The van der Waals surface area contributed by atoms with Crippen molar-refractivity contribution in [2.75, 3.05) is 0 Å². The highest BCUT2D eigenvalue weighted by atomic mass is 35.5. The van der Waals surface area contributed by atoms with Crippen LogP contribution in [0.25, 0.3) is 28.1 Å². The van der Waals surface area contributed by atoms with Gasteiger partial charge in [0.15, 0.2) is 0 Å². The molecule has 5 heteroatoms. The van der Waals surface area contributed by atoms with Crippen molar-refractivity contribution in [3.05, 3.63) is 77.6 Å². The number of pyridine rings is 1. The highest BCUT2D eigenvalue weighted by molar-refractivity contribution is 6.30. The highest BCUT2D eigenvalue weighted by Crippen LogP contribution is 2.35. The normalized spacial score (nSPS) is 11.8. The Labute approximate surface area is 156 Å². The number of para-hydroxylation sites is 2. The Kier molecular flexibility index (Phi) is 4.02. The van der Waals surface area contributed by atoms with Crippen molar-refractivity contribution in [2.45, 2.75) is 19.4 Å². The maximum atomic E-state index is 10.7. The molecule has 4 nitrogen and oxygen atoms in total. The minimum absolute atomic E-state index is 0.603. The van der Waals surface area contributed by atoms with Gasteiger partial charge >= 0.3 is 0 Å². The van der Waals surface area contributed by atoms with Crippen LogP contribution in [0.5, 0.6) is 0 Å². The van der Waals surface area contributed by atoms with Crippen LogP contribution in [0.2, 0.25) is 5.02 Å². The average molecular weight is 364 g/mol. The molecule has 2 aromatic carbocycles. The summed E-state index contributed by atoms with van der Waals surface area (Å²) in [4.78, 5) is 8.92. The van der Waals surface area contributed by atoms with E-state index in [0.717, 1.165) is 33.7 Å². The summed E-state index contributed by atoms with van der Waals surface area (Å²) in [5.74, 6) is 0.779. The first-order chi connectivity index (χ1) is 12.4. The molecule has 0 fully saturated rings. The Balaban J connectivity index is 2.11. The minimum Gasteiger partial charge on any atom is -0.386 e. The smallest absolute Gasteiger partial charge is 0.145 e. The lowest BCUT2D eigenvalue weighted by molar-refractivity contribution is 0.0786. The van der Waals surface area contributed by atoms with Gasteiger partial charge < -0.3 is 5.11 Å². The van der Waals surface area contributed by atoms with Gasteiger partial charge in [-0.3, -0.25) is 9.55 Å². The minimum atomic E-state index is -1.03. The van der Waals surface area contributed by atoms with Crippen molar-refractivity contribution < 1.29 is 5.11 Å². The molecule has 0 aliphatic carbocycles. The van der Waals surface area contributed by atoms with Crippen LogP contribution in [-0.2, 0) is 5.60 Å². The SMILES string of the molecule is CC(C)(O)c1ccc(Cl)cc1-n1c(-c2ccncc2)nc2ccccc21. The van der Waals surface area contributed by atoms with Crippen LogP contribution in [0.3, 0.4) is 0 Å². The molecule has 4 aromatic rings. The Morgan fingerprint density at radius 1 is 1.00 bits per heavy atom. The van der Waals surface area contributed by atoms with Gasteiger partial charge in [0, 0.05) is 28.5 Å². The second-order valence-electron chi connectivity index (χ2n) is 6.72. The predicted octanol–water partition coefficient (Wildman–Crippen LogP) is 4.97. The number of aliphatic hydroxyl groups is 1. The molecule has 2 heterocycles. The second-order valence-corrected chi connectivity index (χ2v) is 7.15. The summed E-state index contributed by atoms with van der Waals surface area (Å²) in [6.07, 6.45) is 3.49. The third-order valence-corrected chi connectivity index (χ3v) is 4.59. The first-order valence-electron chi connectivity index (χ1n) is 8.36. The maximum Gasteiger partial charge on any atom is 0.145 e. The monoisotopic (exact) mass is 363 g/mol. The van der Waals surface area contributed by atoms with E-state index in [1.54, 1.807) is 32.3 Å². The molecule has 0 spiro atoms. The van der Waals surface area contributed by atoms with Crippen LogP contribution < -0.4 is 0 Å². The van der Waals surface area contributed by atoms with Crippen molar-refractivity contribution >= 4 is 22.6 Å². The molecule has 1 N–H and O–H groups in total. The predicted molar refractivity (Wildman–Crippen MR) is 105 cm³/mol. The number of hydrogen-bond acceptors (Lipinski definition) is 3. The summed E-state index contributed by atoms with van der Waals surface area (Å²) in [7, 11) is 0. The van der Waals surface area contributed by atoms with Crippen molar-refractivity contribution in [2.24, 2.45) is 0 Å². The molecule has 0 aliphatic heterocycles. The molecule has 130 valence electrons. The zero-order valence-electron chi connectivity index (χ0n) is 14.5. The highest BCUT2D eigenvalue weighted by Gasteiger charge is 2.24. The van der Waals surface area contributed by atoms with E-state index in [2.05, 4.69) is 4.98 Å². The van der Waals surface area contributed by atoms with Crippen LogP contribution in [-0.4, -0.2) is 19.6 Å². The number of halogens is 1. The van der Waals surface area contributed by atoms with Gasteiger partial charge in [0.2, 0.25) is 0 Å². The molecule has 0 atom stereocenters. The Hall–Kier alpha value is -2.69. The maximum absolute atomic E-state index is 10.7. The number of imidazole rings is 1. The molecular weight excluding hydrogens is 346 g/mol. The fourth-order valence-corrected chi connectivity index (χ4v) is 3.34. The van der Waals surface area contributed by atoms with Gasteiger partial charge in [-0.1, -0.05) is 29.8 Å². The molecule has 2 aromatic heterocycles. The number of fused-ring (bicyclic) bond motifs is 1. The number of hydrogen-bond donors (Lipinski definition) is 1. The summed E-state index contributed by atoms with van der Waals surface area (Å²) >= 11 is 6.31. The van der Waals surface area contributed by atoms with Crippen LogP contribution in [0.4, 0.5) is 0 Å². The van der Waals surface area contributed by atoms with Gasteiger partial charge in [0.1, 0.15) is 5.82 Å². The lowest BCUT2D eigenvalue weighted by Crippen LogP contribution is -2.19. The van der Waals surface area contributed by atoms with E-state index in [9.17, 15) is 5.11 Å². The van der Waals surface area contributed by atoms with E-state index in [4.69, 9.17) is 16.6 Å². The zero-order valence-corrected chi connectivity index (χ0v) is 15.3. The van der Waals surface area contributed by atoms with Gasteiger partial charge in [-0.05, 0) is 50.2 Å². The Morgan fingerprint density at radius 3 is 2.46 bits per heavy atom. The topological polar surface area (TPSA) is 50.9 Å². The van der Waals surface area contributed by atoms with Crippen LogP contribution in [0.1, 0.15) is 19.4 Å². The summed E-state index contributed by atoms with van der Waals surface area (Å²) < 4.78 is 2.05. The number of benzene rings is 2. The number of nitrogens with zero attached hydrogens (tertiary/aromatic N) is 3. The van der Waals surface area contributed by atoms with Crippen molar-refractivity contribution in [1.82, 2.24) is 14.5 Å². The zero-order chi connectivity index (χ0) is 18.3. The lowest BCUT2D eigenvalue weighted by Gasteiger charge is -2.23. The first kappa shape index (κ1) is 16.8. The largest absolute Gasteiger partial charge is 0.386 e. The molecule has 0 bridgehead atoms. The van der Waals surface area contributed by atoms with Gasteiger partial charge in [0.05, 0.1) is 22.3 Å². The summed E-state index contributed by atoms with van der Waals surface area (Å²) in [6.45, 7) is 3.54. The molecule has 0 saturated heterocycles. The third kappa shape index (κ3) is 2.87. The van der Waals surface area contributed by atoms with Crippen LogP contribution >= 0.6 is 11.6 Å². The van der Waals surface area contributed by atoms with E-state index in [-0.39, 0.29) is 0 Å². The van der Waals surface area contributed by atoms with Crippen LogP contribution in [0.15, 0.2) is 67.0 Å². The fourth-order valence-electron chi connectivity index (χ4n) is 3.17. The average Bonchev–Trinajstić information content (AvgIpc) is 3.01. The molecule has 0 aliphatic rings. The van der Waals surface area contributed by atoms with Crippen molar-refractivity contribution in [3.63, 3.8) is 0 Å².